The second kappa shape index (κ2) is 9.24. The van der Waals surface area contributed by atoms with Gasteiger partial charge in [-0.3, -0.25) is 0 Å². The number of hydrogen-bond donors (Lipinski definition) is 1. The van der Waals surface area contributed by atoms with Gasteiger partial charge < -0.3 is 19.3 Å². The number of pyridine rings is 1. The Labute approximate surface area is 171 Å². The van der Waals surface area contributed by atoms with Gasteiger partial charge in [0.1, 0.15) is 0 Å². The summed E-state index contributed by atoms with van der Waals surface area (Å²) in [5.74, 6) is 1.70. The highest BCUT2D eigenvalue weighted by Crippen LogP contribution is 2.29. The number of aromatic carboxylic acids is 1. The molecule has 1 fully saturated rings. The molecule has 3 heterocycles. The van der Waals surface area contributed by atoms with Gasteiger partial charge in [0.15, 0.2) is 5.82 Å². The molecule has 0 aliphatic carbocycles. The zero-order chi connectivity index (χ0) is 21.0. The van der Waals surface area contributed by atoms with Crippen LogP contribution in [0.4, 0.5) is 6.01 Å². The van der Waals surface area contributed by atoms with Gasteiger partial charge in [-0.05, 0) is 44.1 Å². The monoisotopic (exact) mass is 402 g/mol. The summed E-state index contributed by atoms with van der Waals surface area (Å²) < 4.78 is 11.2. The number of carboxylic acids is 1. The fraction of sp³-hybridized carbons (Fsp3) is 0.619. The predicted molar refractivity (Wildman–Crippen MR) is 109 cm³/mol. The maximum Gasteiger partial charge on any atom is 0.337 e. The number of rotatable bonds is 8. The Bertz CT molecular complexity index is 828. The van der Waals surface area contributed by atoms with Gasteiger partial charge >= 0.3 is 12.0 Å². The summed E-state index contributed by atoms with van der Waals surface area (Å²) in [6.45, 7) is 10.5. The molecular formula is C21H30N4O4. The van der Waals surface area contributed by atoms with Gasteiger partial charge in [0, 0.05) is 25.1 Å². The van der Waals surface area contributed by atoms with Gasteiger partial charge in [0.25, 0.3) is 0 Å². The van der Waals surface area contributed by atoms with Crippen molar-refractivity contribution in [2.24, 2.45) is 11.8 Å². The summed E-state index contributed by atoms with van der Waals surface area (Å²) in [7, 11) is 0. The van der Waals surface area contributed by atoms with Crippen LogP contribution in [-0.4, -0.2) is 45.9 Å². The Balaban J connectivity index is 1.43. The van der Waals surface area contributed by atoms with Crippen LogP contribution in [0.1, 0.15) is 67.8 Å². The third kappa shape index (κ3) is 5.25. The van der Waals surface area contributed by atoms with Crippen molar-refractivity contribution in [1.29, 1.82) is 0 Å². The number of carbonyl (C=O) groups is 1. The summed E-state index contributed by atoms with van der Waals surface area (Å²) in [5, 5.41) is 13.1. The molecule has 0 radical (unpaired) electrons. The summed E-state index contributed by atoms with van der Waals surface area (Å²) in [6, 6.07) is 3.80. The molecule has 158 valence electrons. The molecule has 0 bridgehead atoms. The molecule has 1 unspecified atom stereocenters. The van der Waals surface area contributed by atoms with Crippen LogP contribution in [0.25, 0.3) is 0 Å². The minimum absolute atomic E-state index is 0.208. The Morgan fingerprint density at radius 1 is 1.28 bits per heavy atom. The van der Waals surface area contributed by atoms with Crippen LogP contribution in [-0.2, 0) is 0 Å². The van der Waals surface area contributed by atoms with E-state index < -0.39 is 5.97 Å². The van der Waals surface area contributed by atoms with Crippen molar-refractivity contribution < 1.29 is 19.2 Å². The normalized spacial score (nSPS) is 16.2. The lowest BCUT2D eigenvalue weighted by Crippen LogP contribution is -2.36. The van der Waals surface area contributed by atoms with Crippen molar-refractivity contribution in [2.45, 2.75) is 52.9 Å². The number of nitrogens with zero attached hydrogens (tertiary/aromatic N) is 4. The maximum absolute atomic E-state index is 11.1. The molecule has 3 rings (SSSR count). The molecule has 2 aromatic rings. The fourth-order valence-electron chi connectivity index (χ4n) is 3.68. The van der Waals surface area contributed by atoms with E-state index in [4.69, 9.17) is 14.4 Å². The van der Waals surface area contributed by atoms with Crippen LogP contribution in [0, 0.1) is 18.8 Å². The number of carboxylic acid groups (broad SMARTS) is 1. The van der Waals surface area contributed by atoms with Crippen LogP contribution in [0.5, 0.6) is 5.88 Å². The average Bonchev–Trinajstić information content (AvgIpc) is 3.18. The Morgan fingerprint density at radius 2 is 2.00 bits per heavy atom. The van der Waals surface area contributed by atoms with Gasteiger partial charge in [-0.1, -0.05) is 25.9 Å². The third-order valence-electron chi connectivity index (χ3n) is 5.68. The van der Waals surface area contributed by atoms with Crippen molar-refractivity contribution in [3.63, 3.8) is 0 Å². The molecule has 2 aromatic heterocycles. The quantitative estimate of drug-likeness (QED) is 0.709. The molecule has 0 saturated carbocycles. The van der Waals surface area contributed by atoms with E-state index in [9.17, 15) is 4.79 Å². The van der Waals surface area contributed by atoms with Crippen LogP contribution < -0.4 is 9.64 Å². The number of aryl methyl sites for hydroxylation is 1. The molecule has 1 N–H and O–H groups in total. The average molecular weight is 402 g/mol. The summed E-state index contributed by atoms with van der Waals surface area (Å²) in [6.07, 6.45) is 3.11. The van der Waals surface area contributed by atoms with Crippen molar-refractivity contribution in [3.05, 3.63) is 29.2 Å². The van der Waals surface area contributed by atoms with E-state index in [0.29, 0.717) is 36.0 Å². The lowest BCUT2D eigenvalue weighted by molar-refractivity contribution is 0.0695. The molecule has 0 spiro atoms. The third-order valence-corrected chi connectivity index (χ3v) is 5.68. The molecule has 29 heavy (non-hydrogen) atoms. The van der Waals surface area contributed by atoms with Gasteiger partial charge in [-0.25, -0.2) is 9.78 Å². The Kier molecular flexibility index (Phi) is 6.71. The highest BCUT2D eigenvalue weighted by molar-refractivity contribution is 5.88. The molecule has 8 heteroatoms. The van der Waals surface area contributed by atoms with Crippen LogP contribution in [0.2, 0.25) is 0 Å². The van der Waals surface area contributed by atoms with Crippen molar-refractivity contribution in [1.82, 2.24) is 15.1 Å². The van der Waals surface area contributed by atoms with Gasteiger partial charge in [-0.2, -0.15) is 4.98 Å². The highest BCUT2D eigenvalue weighted by atomic mass is 16.5. The number of piperidine rings is 1. The zero-order valence-electron chi connectivity index (χ0n) is 17.6. The van der Waals surface area contributed by atoms with Gasteiger partial charge in [0.05, 0.1) is 17.9 Å². The first-order chi connectivity index (χ1) is 13.8. The first-order valence-electron chi connectivity index (χ1n) is 10.3. The second-order valence-electron chi connectivity index (χ2n) is 8.12. The molecule has 0 amide bonds. The highest BCUT2D eigenvalue weighted by Gasteiger charge is 2.26. The standard InChI is InChI=1S/C21H30N4O4/c1-13(2)19-23-21(29-24-19)25-10-7-16(8-11-25)14(3)9-12-28-18-6-5-17(20(26)27)15(4)22-18/h5-6,13-14,16H,7-12H2,1-4H3,(H,26,27). The number of aromatic nitrogens is 3. The lowest BCUT2D eigenvalue weighted by Gasteiger charge is -2.33. The van der Waals surface area contributed by atoms with E-state index in [1.54, 1.807) is 19.1 Å². The predicted octanol–water partition coefficient (Wildman–Crippen LogP) is 3.92. The summed E-state index contributed by atoms with van der Waals surface area (Å²) in [5.41, 5.74) is 0.677. The SMILES string of the molecule is Cc1nc(OCCC(C)C2CCN(c3nc(C(C)C)no3)CC2)ccc1C(=O)O. The molecular weight excluding hydrogens is 372 g/mol. The van der Waals surface area contributed by atoms with Crippen molar-refractivity contribution in [3.8, 4) is 5.88 Å². The molecule has 1 aliphatic heterocycles. The summed E-state index contributed by atoms with van der Waals surface area (Å²) >= 11 is 0. The number of ether oxygens (including phenoxy) is 1. The van der Waals surface area contributed by atoms with Crippen molar-refractivity contribution in [2.75, 3.05) is 24.6 Å². The minimum atomic E-state index is -0.970. The second-order valence-corrected chi connectivity index (χ2v) is 8.12. The molecule has 0 aromatic carbocycles. The Morgan fingerprint density at radius 3 is 2.59 bits per heavy atom. The van der Waals surface area contributed by atoms with E-state index in [1.165, 1.54) is 0 Å². The van der Waals surface area contributed by atoms with Crippen LogP contribution in [0.15, 0.2) is 16.7 Å². The first-order valence-corrected chi connectivity index (χ1v) is 10.3. The zero-order valence-corrected chi connectivity index (χ0v) is 17.6. The lowest BCUT2D eigenvalue weighted by atomic mass is 9.84. The molecule has 8 nitrogen and oxygen atoms in total. The van der Waals surface area contributed by atoms with E-state index in [2.05, 4.69) is 40.8 Å². The van der Waals surface area contributed by atoms with E-state index in [-0.39, 0.29) is 11.5 Å². The molecule has 1 saturated heterocycles. The van der Waals surface area contributed by atoms with E-state index >= 15 is 0 Å². The van der Waals surface area contributed by atoms with Gasteiger partial charge in [-0.15, -0.1) is 0 Å². The molecule has 1 atom stereocenters. The summed E-state index contributed by atoms with van der Waals surface area (Å²) in [4.78, 5) is 22.0. The Hall–Kier alpha value is -2.64. The minimum Gasteiger partial charge on any atom is -0.478 e. The number of anilines is 1. The maximum atomic E-state index is 11.1. The van der Waals surface area contributed by atoms with E-state index in [1.807, 2.05) is 0 Å². The van der Waals surface area contributed by atoms with Crippen LogP contribution >= 0.6 is 0 Å². The first kappa shape index (κ1) is 21.1. The molecule has 1 aliphatic rings. The largest absolute Gasteiger partial charge is 0.478 e. The smallest absolute Gasteiger partial charge is 0.337 e. The number of hydrogen-bond acceptors (Lipinski definition) is 7. The fourth-order valence-corrected chi connectivity index (χ4v) is 3.68. The van der Waals surface area contributed by atoms with E-state index in [0.717, 1.165) is 38.2 Å². The topological polar surface area (TPSA) is 102 Å². The van der Waals surface area contributed by atoms with Gasteiger partial charge in [0.2, 0.25) is 5.88 Å². The van der Waals surface area contributed by atoms with Crippen molar-refractivity contribution >= 4 is 12.0 Å². The van der Waals surface area contributed by atoms with Crippen LogP contribution in [0.3, 0.4) is 0 Å².